The molecule has 0 heterocycles. The van der Waals surface area contributed by atoms with Crippen LogP contribution in [-0.2, 0) is 6.42 Å². The zero-order chi connectivity index (χ0) is 13.4. The molecule has 0 unspecified atom stereocenters. The third-order valence-electron chi connectivity index (χ3n) is 3.76. The highest BCUT2D eigenvalue weighted by Crippen LogP contribution is 2.38. The van der Waals surface area contributed by atoms with Crippen molar-refractivity contribution in [2.75, 3.05) is 0 Å². The highest BCUT2D eigenvalue weighted by molar-refractivity contribution is 5.92. The van der Waals surface area contributed by atoms with Crippen molar-refractivity contribution < 1.29 is 9.90 Å². The number of carbonyl (C=O) groups excluding carboxylic acids is 1. The summed E-state index contributed by atoms with van der Waals surface area (Å²) in [5.74, 6) is -0.447. The van der Waals surface area contributed by atoms with E-state index in [1.54, 1.807) is 12.1 Å². The maximum absolute atomic E-state index is 11.1. The van der Waals surface area contributed by atoms with Crippen molar-refractivity contribution in [3.8, 4) is 0 Å². The molecule has 3 N–H and O–H groups in total. The molecule has 1 aliphatic carbocycles. The van der Waals surface area contributed by atoms with Gasteiger partial charge < -0.3 is 10.8 Å². The Kier molecular flexibility index (Phi) is 2.84. The second-order valence-electron chi connectivity index (χ2n) is 4.93. The van der Waals surface area contributed by atoms with E-state index >= 15 is 0 Å². The third kappa shape index (κ3) is 2.02. The number of benzene rings is 2. The van der Waals surface area contributed by atoms with Gasteiger partial charge in [-0.25, -0.2) is 0 Å². The lowest BCUT2D eigenvalue weighted by Gasteiger charge is -2.16. The summed E-state index contributed by atoms with van der Waals surface area (Å²) in [5.41, 5.74) is 9.10. The smallest absolute Gasteiger partial charge is 0.248 e. The third-order valence-corrected chi connectivity index (χ3v) is 3.76. The van der Waals surface area contributed by atoms with Crippen molar-refractivity contribution >= 4 is 5.91 Å². The van der Waals surface area contributed by atoms with Crippen LogP contribution < -0.4 is 5.73 Å². The van der Waals surface area contributed by atoms with E-state index in [1.165, 1.54) is 11.1 Å². The lowest BCUT2D eigenvalue weighted by molar-refractivity contribution is 0.100. The normalized spacial score (nSPS) is 21.1. The molecule has 0 spiro atoms. The predicted molar refractivity (Wildman–Crippen MR) is 73.0 cm³/mol. The van der Waals surface area contributed by atoms with Crippen LogP contribution in [0.15, 0.2) is 48.5 Å². The standard InChI is InChI=1S/C16H15NO2/c17-16(19)11-7-5-10(6-8-11)15-13-4-2-1-3-12(13)9-14(15)18/h1-8,14-15,18H,9H2,(H2,17,19)/t14-,15-/m1/s1. The maximum Gasteiger partial charge on any atom is 0.248 e. The second-order valence-corrected chi connectivity index (χ2v) is 4.93. The van der Waals surface area contributed by atoms with Crippen LogP contribution in [0.25, 0.3) is 0 Å². The molecule has 3 rings (SSSR count). The van der Waals surface area contributed by atoms with E-state index < -0.39 is 12.0 Å². The van der Waals surface area contributed by atoms with E-state index in [0.717, 1.165) is 5.56 Å². The van der Waals surface area contributed by atoms with Crippen LogP contribution >= 0.6 is 0 Å². The number of hydrogen-bond donors (Lipinski definition) is 2. The van der Waals surface area contributed by atoms with Gasteiger partial charge in [-0.2, -0.15) is 0 Å². The van der Waals surface area contributed by atoms with Crippen LogP contribution in [0.5, 0.6) is 0 Å². The lowest BCUT2D eigenvalue weighted by Crippen LogP contribution is -2.15. The van der Waals surface area contributed by atoms with E-state index in [4.69, 9.17) is 5.73 Å². The number of carbonyl (C=O) groups is 1. The summed E-state index contributed by atoms with van der Waals surface area (Å²) in [6.07, 6.45) is 0.273. The number of nitrogens with two attached hydrogens (primary N) is 1. The number of amides is 1. The molecular weight excluding hydrogens is 238 g/mol. The van der Waals surface area contributed by atoms with E-state index in [9.17, 15) is 9.90 Å². The largest absolute Gasteiger partial charge is 0.392 e. The van der Waals surface area contributed by atoms with Gasteiger partial charge in [0.1, 0.15) is 0 Å². The zero-order valence-electron chi connectivity index (χ0n) is 10.4. The molecule has 2 atom stereocenters. The van der Waals surface area contributed by atoms with Crippen LogP contribution in [0, 0.1) is 0 Å². The molecule has 0 saturated carbocycles. The van der Waals surface area contributed by atoms with Crippen molar-refractivity contribution in [3.05, 3.63) is 70.8 Å². The Labute approximate surface area is 111 Å². The first-order valence-electron chi connectivity index (χ1n) is 6.32. The molecule has 0 radical (unpaired) electrons. The number of aliphatic hydroxyl groups is 1. The Morgan fingerprint density at radius 1 is 1.11 bits per heavy atom. The molecule has 3 nitrogen and oxygen atoms in total. The first kappa shape index (κ1) is 11.9. The summed E-state index contributed by atoms with van der Waals surface area (Å²) in [6, 6.07) is 15.3. The number of fused-ring (bicyclic) bond motifs is 1. The second kappa shape index (κ2) is 4.52. The average molecular weight is 253 g/mol. The van der Waals surface area contributed by atoms with Gasteiger partial charge in [0.25, 0.3) is 0 Å². The Morgan fingerprint density at radius 2 is 1.79 bits per heavy atom. The minimum atomic E-state index is -0.432. The van der Waals surface area contributed by atoms with Gasteiger partial charge in [0.2, 0.25) is 5.91 Å². The molecule has 1 aliphatic rings. The summed E-state index contributed by atoms with van der Waals surface area (Å²) in [6.45, 7) is 0. The molecule has 19 heavy (non-hydrogen) atoms. The van der Waals surface area contributed by atoms with E-state index in [0.29, 0.717) is 12.0 Å². The number of hydrogen-bond acceptors (Lipinski definition) is 2. The predicted octanol–water partition coefficient (Wildman–Crippen LogP) is 1.83. The van der Waals surface area contributed by atoms with Gasteiger partial charge in [-0.15, -0.1) is 0 Å². The van der Waals surface area contributed by atoms with Gasteiger partial charge in [-0.3, -0.25) is 4.79 Å². The van der Waals surface area contributed by atoms with Crippen LogP contribution in [0.1, 0.15) is 33.0 Å². The van der Waals surface area contributed by atoms with Crippen LogP contribution in [0.4, 0.5) is 0 Å². The van der Waals surface area contributed by atoms with Crippen LogP contribution in [0.3, 0.4) is 0 Å². The fourth-order valence-corrected chi connectivity index (χ4v) is 2.83. The van der Waals surface area contributed by atoms with Crippen molar-refractivity contribution in [2.45, 2.75) is 18.4 Å². The summed E-state index contributed by atoms with van der Waals surface area (Å²) < 4.78 is 0. The minimum absolute atomic E-state index is 0.0156. The van der Waals surface area contributed by atoms with Gasteiger partial charge in [0.05, 0.1) is 6.10 Å². The maximum atomic E-state index is 11.1. The molecule has 96 valence electrons. The molecule has 2 aromatic carbocycles. The molecule has 2 aromatic rings. The quantitative estimate of drug-likeness (QED) is 0.857. The summed E-state index contributed by atoms with van der Waals surface area (Å²) in [5, 5.41) is 10.3. The van der Waals surface area contributed by atoms with Crippen molar-refractivity contribution in [2.24, 2.45) is 5.73 Å². The van der Waals surface area contributed by atoms with Gasteiger partial charge in [-0.05, 0) is 35.2 Å². The summed E-state index contributed by atoms with van der Waals surface area (Å²) in [7, 11) is 0. The van der Waals surface area contributed by atoms with Crippen molar-refractivity contribution in [3.63, 3.8) is 0 Å². The van der Waals surface area contributed by atoms with E-state index in [2.05, 4.69) is 12.1 Å². The molecular formula is C16H15NO2. The van der Waals surface area contributed by atoms with Gasteiger partial charge in [0, 0.05) is 11.5 Å². The molecule has 1 amide bonds. The topological polar surface area (TPSA) is 63.3 Å². The van der Waals surface area contributed by atoms with Gasteiger partial charge >= 0.3 is 0 Å². The number of rotatable bonds is 2. The van der Waals surface area contributed by atoms with Gasteiger partial charge in [0.15, 0.2) is 0 Å². The SMILES string of the molecule is NC(=O)c1ccc([C@@H]2c3ccccc3C[C@H]2O)cc1. The highest BCUT2D eigenvalue weighted by atomic mass is 16.3. The van der Waals surface area contributed by atoms with Crippen LogP contribution in [0.2, 0.25) is 0 Å². The van der Waals surface area contributed by atoms with Crippen molar-refractivity contribution in [1.29, 1.82) is 0 Å². The molecule has 3 heteroatoms. The summed E-state index contributed by atoms with van der Waals surface area (Å²) in [4.78, 5) is 11.1. The first-order valence-corrected chi connectivity index (χ1v) is 6.32. The molecule has 0 aromatic heterocycles. The summed E-state index contributed by atoms with van der Waals surface area (Å²) >= 11 is 0. The minimum Gasteiger partial charge on any atom is -0.392 e. The Bertz CT molecular complexity index is 619. The number of aliphatic hydroxyl groups excluding tert-OH is 1. The molecule has 0 fully saturated rings. The Morgan fingerprint density at radius 3 is 2.47 bits per heavy atom. The molecule has 0 bridgehead atoms. The average Bonchev–Trinajstić information content (AvgIpc) is 2.74. The Balaban J connectivity index is 2.00. The van der Waals surface area contributed by atoms with E-state index in [1.807, 2.05) is 24.3 Å². The molecule has 0 saturated heterocycles. The van der Waals surface area contributed by atoms with Crippen molar-refractivity contribution in [1.82, 2.24) is 0 Å². The first-order chi connectivity index (χ1) is 9.16. The lowest BCUT2D eigenvalue weighted by atomic mass is 9.91. The Hall–Kier alpha value is -2.13. The zero-order valence-corrected chi connectivity index (χ0v) is 10.4. The van der Waals surface area contributed by atoms with E-state index in [-0.39, 0.29) is 5.92 Å². The fraction of sp³-hybridized carbons (Fsp3) is 0.188. The highest BCUT2D eigenvalue weighted by Gasteiger charge is 2.31. The van der Waals surface area contributed by atoms with Gasteiger partial charge in [-0.1, -0.05) is 36.4 Å². The molecule has 0 aliphatic heterocycles. The van der Waals surface area contributed by atoms with Crippen LogP contribution in [-0.4, -0.2) is 17.1 Å². The number of primary amides is 1. The monoisotopic (exact) mass is 253 g/mol. The fourth-order valence-electron chi connectivity index (χ4n) is 2.83.